The summed E-state index contributed by atoms with van der Waals surface area (Å²) in [6.07, 6.45) is 0. The summed E-state index contributed by atoms with van der Waals surface area (Å²) < 4.78 is 11.7. The monoisotopic (exact) mass is 778 g/mol. The Labute approximate surface area is 350 Å². The van der Waals surface area contributed by atoms with Gasteiger partial charge in [-0.3, -0.25) is 0 Å². The maximum atomic E-state index is 6.80. The molecule has 0 fully saturated rings. The van der Waals surface area contributed by atoms with E-state index in [1.807, 2.05) is 24.3 Å². The first-order valence-electron chi connectivity index (χ1n) is 20.7. The van der Waals surface area contributed by atoms with Crippen molar-refractivity contribution in [1.82, 2.24) is 19.1 Å². The molecule has 0 saturated heterocycles. The normalized spacial score (nSPS) is 11.9. The third-order valence-corrected chi connectivity index (χ3v) is 12.3. The second-order valence-corrected chi connectivity index (χ2v) is 15.7. The molecule has 0 aliphatic carbocycles. The van der Waals surface area contributed by atoms with E-state index in [1.54, 1.807) is 0 Å². The molecule has 0 bridgehead atoms. The molecule has 284 valence electrons. The van der Waals surface area contributed by atoms with Crippen molar-refractivity contribution in [1.29, 1.82) is 0 Å². The molecule has 0 aliphatic heterocycles. The maximum Gasteiger partial charge on any atom is 0.160 e. The molecule has 0 saturated carbocycles. The minimum atomic E-state index is 0.691. The fraction of sp³-hybridized carbons (Fsp3) is 0. The lowest BCUT2D eigenvalue weighted by Gasteiger charge is -2.14. The highest BCUT2D eigenvalue weighted by Gasteiger charge is 2.24. The zero-order valence-corrected chi connectivity index (χ0v) is 32.8. The average Bonchev–Trinajstić information content (AvgIpc) is 4.00. The van der Waals surface area contributed by atoms with Crippen LogP contribution in [0.2, 0.25) is 0 Å². The second-order valence-electron chi connectivity index (χ2n) is 15.7. The Bertz CT molecular complexity index is 3860. The van der Waals surface area contributed by atoms with Crippen molar-refractivity contribution in [3.05, 3.63) is 206 Å². The van der Waals surface area contributed by atoms with Gasteiger partial charge in [-0.1, -0.05) is 140 Å². The molecule has 0 amide bonds. The van der Waals surface area contributed by atoms with Gasteiger partial charge in [0.05, 0.1) is 38.7 Å². The van der Waals surface area contributed by atoms with Crippen molar-refractivity contribution in [2.75, 3.05) is 0 Å². The van der Waals surface area contributed by atoms with E-state index in [9.17, 15) is 0 Å². The van der Waals surface area contributed by atoms with Crippen molar-refractivity contribution >= 4 is 76.5 Å². The summed E-state index contributed by atoms with van der Waals surface area (Å²) in [5.41, 5.74) is 14.6. The first-order valence-corrected chi connectivity index (χ1v) is 20.7. The molecule has 0 atom stereocenters. The number of rotatable bonds is 5. The molecule has 0 spiro atoms. The molecule has 4 heterocycles. The summed E-state index contributed by atoms with van der Waals surface area (Å²) in [4.78, 5) is 10.3. The topological polar surface area (TPSA) is 48.8 Å². The molecule has 13 aromatic rings. The molecule has 0 radical (unpaired) electrons. The molecular weight excluding hydrogens is 745 g/mol. The smallest absolute Gasteiger partial charge is 0.160 e. The Hall–Kier alpha value is -8.28. The number of hydrogen-bond acceptors (Lipinski definition) is 3. The summed E-state index contributed by atoms with van der Waals surface area (Å²) in [7, 11) is 0. The SMILES string of the molecule is c1ccc(-c2cccc(-n3c4ccccc4c4ccc5c6c7oc8ccccc8c7ccc6n(-c6ccc(-c7nc(-c8ccccc8)c8ccccc8n7)cc6)c5c43)c2)cc1. The van der Waals surface area contributed by atoms with Gasteiger partial charge in [0.15, 0.2) is 5.82 Å². The van der Waals surface area contributed by atoms with Crippen LogP contribution in [0.5, 0.6) is 0 Å². The van der Waals surface area contributed by atoms with E-state index >= 15 is 0 Å². The van der Waals surface area contributed by atoms with Crippen LogP contribution >= 0.6 is 0 Å². The van der Waals surface area contributed by atoms with E-state index in [1.165, 1.54) is 21.9 Å². The van der Waals surface area contributed by atoms with Gasteiger partial charge in [0.25, 0.3) is 0 Å². The van der Waals surface area contributed by atoms with E-state index < -0.39 is 0 Å². The predicted molar refractivity (Wildman–Crippen MR) is 252 cm³/mol. The summed E-state index contributed by atoms with van der Waals surface area (Å²) in [6.45, 7) is 0. The number of nitrogens with zero attached hydrogens (tertiary/aromatic N) is 4. The molecule has 0 unspecified atom stereocenters. The molecule has 9 aromatic carbocycles. The minimum absolute atomic E-state index is 0.691. The lowest BCUT2D eigenvalue weighted by molar-refractivity contribution is 0.673. The van der Waals surface area contributed by atoms with Gasteiger partial charge in [0.2, 0.25) is 0 Å². The Morgan fingerprint density at radius 3 is 1.84 bits per heavy atom. The minimum Gasteiger partial charge on any atom is -0.455 e. The highest BCUT2D eigenvalue weighted by molar-refractivity contribution is 6.29. The lowest BCUT2D eigenvalue weighted by atomic mass is 10.0. The summed E-state index contributed by atoms with van der Waals surface area (Å²) >= 11 is 0. The number of benzene rings is 9. The van der Waals surface area contributed by atoms with Gasteiger partial charge < -0.3 is 13.6 Å². The third kappa shape index (κ3) is 5.08. The van der Waals surface area contributed by atoms with Crippen LogP contribution in [0.25, 0.3) is 122 Å². The van der Waals surface area contributed by atoms with E-state index in [2.05, 4.69) is 191 Å². The number of furan rings is 1. The highest BCUT2D eigenvalue weighted by atomic mass is 16.3. The van der Waals surface area contributed by atoms with Gasteiger partial charge in [-0.15, -0.1) is 0 Å². The fourth-order valence-corrected chi connectivity index (χ4v) is 9.59. The highest BCUT2D eigenvalue weighted by Crippen LogP contribution is 2.45. The molecule has 0 N–H and O–H groups in total. The summed E-state index contributed by atoms with van der Waals surface area (Å²) in [6, 6.07) is 73.1. The molecular formula is C56H34N4O. The van der Waals surface area contributed by atoms with E-state index in [4.69, 9.17) is 14.4 Å². The fourth-order valence-electron chi connectivity index (χ4n) is 9.59. The second kappa shape index (κ2) is 13.1. The van der Waals surface area contributed by atoms with Gasteiger partial charge in [-0.2, -0.15) is 0 Å². The molecule has 5 nitrogen and oxygen atoms in total. The number of fused-ring (bicyclic) bond motifs is 12. The Morgan fingerprint density at radius 1 is 0.361 bits per heavy atom. The van der Waals surface area contributed by atoms with Crippen LogP contribution in [-0.2, 0) is 0 Å². The van der Waals surface area contributed by atoms with Gasteiger partial charge >= 0.3 is 0 Å². The van der Waals surface area contributed by atoms with Gasteiger partial charge in [0, 0.05) is 54.8 Å². The van der Waals surface area contributed by atoms with Crippen LogP contribution < -0.4 is 0 Å². The number of hydrogen-bond donors (Lipinski definition) is 0. The molecule has 0 aliphatic rings. The van der Waals surface area contributed by atoms with E-state index in [0.29, 0.717) is 5.82 Å². The van der Waals surface area contributed by atoms with Crippen LogP contribution in [0.1, 0.15) is 0 Å². The van der Waals surface area contributed by atoms with Crippen LogP contribution in [0, 0.1) is 0 Å². The zero-order chi connectivity index (χ0) is 40.0. The first kappa shape index (κ1) is 33.7. The quantitative estimate of drug-likeness (QED) is 0.175. The first-order chi connectivity index (χ1) is 30.3. The average molecular weight is 779 g/mol. The summed E-state index contributed by atoms with van der Waals surface area (Å²) in [5, 5.41) is 7.87. The van der Waals surface area contributed by atoms with Gasteiger partial charge in [0.1, 0.15) is 11.2 Å². The molecule has 61 heavy (non-hydrogen) atoms. The van der Waals surface area contributed by atoms with Crippen LogP contribution in [0.4, 0.5) is 0 Å². The number of aromatic nitrogens is 4. The van der Waals surface area contributed by atoms with E-state index in [-0.39, 0.29) is 0 Å². The molecule has 4 aromatic heterocycles. The van der Waals surface area contributed by atoms with Crippen LogP contribution in [0.15, 0.2) is 211 Å². The van der Waals surface area contributed by atoms with Crippen molar-refractivity contribution in [3.8, 4) is 45.1 Å². The van der Waals surface area contributed by atoms with Gasteiger partial charge in [-0.05, 0) is 77.9 Å². The predicted octanol–water partition coefficient (Wildman–Crippen LogP) is 14.7. The standard InChI is InChI=1S/C56H34N4O/c1-3-14-35(15-4-1)38-18-13-19-40(34-38)60-48-24-11-8-20-41(48)43-30-31-46-51-49(33-32-44-42-21-9-12-25-50(42)61-55(44)51)59(54(46)53(43)60)39-28-26-37(27-29-39)56-57-47-23-10-7-22-45(47)52(58-56)36-16-5-2-6-17-36/h1-34H. The van der Waals surface area contributed by atoms with Gasteiger partial charge in [-0.25, -0.2) is 9.97 Å². The van der Waals surface area contributed by atoms with Crippen molar-refractivity contribution in [2.45, 2.75) is 0 Å². The van der Waals surface area contributed by atoms with E-state index in [0.717, 1.165) is 93.9 Å². The Balaban J connectivity index is 1.11. The van der Waals surface area contributed by atoms with Crippen LogP contribution in [0.3, 0.4) is 0 Å². The van der Waals surface area contributed by atoms with Crippen molar-refractivity contribution in [3.63, 3.8) is 0 Å². The lowest BCUT2D eigenvalue weighted by Crippen LogP contribution is -1.99. The Kier molecular flexibility index (Phi) is 7.24. The zero-order valence-electron chi connectivity index (χ0n) is 32.8. The van der Waals surface area contributed by atoms with Crippen molar-refractivity contribution < 1.29 is 4.42 Å². The molecule has 13 rings (SSSR count). The van der Waals surface area contributed by atoms with Crippen LogP contribution in [-0.4, -0.2) is 19.1 Å². The van der Waals surface area contributed by atoms with Crippen molar-refractivity contribution in [2.24, 2.45) is 0 Å². The largest absolute Gasteiger partial charge is 0.455 e. The third-order valence-electron chi connectivity index (χ3n) is 12.3. The molecule has 5 heteroatoms. The Morgan fingerprint density at radius 2 is 1.00 bits per heavy atom. The summed E-state index contributed by atoms with van der Waals surface area (Å²) in [5.74, 6) is 0.691. The maximum absolute atomic E-state index is 6.80. The number of para-hydroxylation sites is 3.